The third-order valence-corrected chi connectivity index (χ3v) is 6.72. The van der Waals surface area contributed by atoms with Crippen LogP contribution in [-0.4, -0.2) is 65.4 Å². The number of aryl methyl sites for hydroxylation is 1. The Balaban J connectivity index is 1.61. The fraction of sp³-hybridized carbons (Fsp3) is 0.696. The van der Waals surface area contributed by atoms with E-state index in [0.29, 0.717) is 48.1 Å². The van der Waals surface area contributed by atoms with Gasteiger partial charge in [0.2, 0.25) is 5.91 Å². The predicted octanol–water partition coefficient (Wildman–Crippen LogP) is 3.31. The molecule has 0 aliphatic carbocycles. The molecule has 0 radical (unpaired) electrons. The van der Waals surface area contributed by atoms with Crippen LogP contribution in [0.25, 0.3) is 0 Å². The monoisotopic (exact) mass is 417 g/mol. The molecule has 0 bridgehead atoms. The minimum atomic E-state index is -0.397. The van der Waals surface area contributed by atoms with E-state index in [4.69, 9.17) is 4.74 Å². The third kappa shape index (κ3) is 4.55. The number of hydrogen-bond donors (Lipinski definition) is 1. The van der Waals surface area contributed by atoms with Gasteiger partial charge in [0.25, 0.3) is 5.91 Å². The van der Waals surface area contributed by atoms with Crippen molar-refractivity contribution in [1.82, 2.24) is 14.8 Å². The zero-order chi connectivity index (χ0) is 21.8. The van der Waals surface area contributed by atoms with Crippen molar-refractivity contribution in [3.63, 3.8) is 0 Å². The van der Waals surface area contributed by atoms with Crippen molar-refractivity contribution in [1.29, 1.82) is 0 Å². The molecule has 166 valence electrons. The van der Waals surface area contributed by atoms with Gasteiger partial charge in [0.15, 0.2) is 0 Å². The molecule has 30 heavy (non-hydrogen) atoms. The van der Waals surface area contributed by atoms with Crippen molar-refractivity contribution < 1.29 is 19.1 Å². The van der Waals surface area contributed by atoms with Gasteiger partial charge in [-0.2, -0.15) is 0 Å². The Labute approximate surface area is 179 Å². The number of hydrogen-bond acceptors (Lipinski definition) is 4. The molecule has 3 heterocycles. The van der Waals surface area contributed by atoms with Crippen molar-refractivity contribution in [2.24, 2.45) is 11.8 Å². The number of rotatable bonds is 5. The van der Waals surface area contributed by atoms with Gasteiger partial charge in [-0.25, -0.2) is 4.79 Å². The summed E-state index contributed by atoms with van der Waals surface area (Å²) in [6, 6.07) is 0. The molecular formula is C23H35N3O4. The van der Waals surface area contributed by atoms with Crippen LogP contribution in [0.15, 0.2) is 0 Å². The second-order valence-corrected chi connectivity index (χ2v) is 8.65. The lowest BCUT2D eigenvalue weighted by Gasteiger charge is -2.37. The second kappa shape index (κ2) is 9.67. The molecular weight excluding hydrogens is 382 g/mol. The van der Waals surface area contributed by atoms with Crippen molar-refractivity contribution in [2.45, 2.75) is 59.8 Å². The van der Waals surface area contributed by atoms with E-state index in [1.807, 2.05) is 16.7 Å². The molecule has 0 unspecified atom stereocenters. The van der Waals surface area contributed by atoms with Crippen LogP contribution in [0, 0.1) is 25.7 Å². The molecule has 7 heteroatoms. The van der Waals surface area contributed by atoms with Gasteiger partial charge in [0, 0.05) is 37.8 Å². The van der Waals surface area contributed by atoms with Crippen LogP contribution in [0.1, 0.15) is 78.1 Å². The Kier molecular flexibility index (Phi) is 7.21. The molecule has 2 saturated heterocycles. The number of ether oxygens (including phenoxy) is 1. The highest BCUT2D eigenvalue weighted by Crippen LogP contribution is 2.29. The Morgan fingerprint density at radius 2 is 1.67 bits per heavy atom. The maximum absolute atomic E-state index is 13.1. The van der Waals surface area contributed by atoms with Gasteiger partial charge in [0.05, 0.1) is 12.2 Å². The van der Waals surface area contributed by atoms with Gasteiger partial charge >= 0.3 is 5.97 Å². The summed E-state index contributed by atoms with van der Waals surface area (Å²) in [5.74, 6) is 0.107. The standard InChI is InChI=1S/C23H35N3O4/c1-5-30-23(29)19-16(3)20(24-17(19)4)22(28)26-13-9-18(10-14-26)15(2)21(27)25-11-7-6-8-12-25/h15,18,24H,5-14H2,1-4H3/t15-/m1/s1. The minimum Gasteiger partial charge on any atom is -0.462 e. The molecule has 2 fully saturated rings. The van der Waals surface area contributed by atoms with Gasteiger partial charge in [-0.05, 0) is 64.4 Å². The second-order valence-electron chi connectivity index (χ2n) is 8.65. The average molecular weight is 418 g/mol. The number of carbonyl (C=O) groups is 3. The molecule has 0 spiro atoms. The lowest BCUT2D eigenvalue weighted by molar-refractivity contribution is -0.138. The van der Waals surface area contributed by atoms with Crippen LogP contribution in [0.3, 0.4) is 0 Å². The van der Waals surface area contributed by atoms with Gasteiger partial charge in [-0.3, -0.25) is 9.59 Å². The van der Waals surface area contributed by atoms with E-state index < -0.39 is 5.97 Å². The number of nitrogens with zero attached hydrogens (tertiary/aromatic N) is 2. The summed E-state index contributed by atoms with van der Waals surface area (Å²) in [4.78, 5) is 45.1. The zero-order valence-electron chi connectivity index (χ0n) is 18.8. The van der Waals surface area contributed by atoms with Crippen LogP contribution in [0.4, 0.5) is 0 Å². The minimum absolute atomic E-state index is 0.00485. The quantitative estimate of drug-likeness (QED) is 0.745. The van der Waals surface area contributed by atoms with Gasteiger partial charge in [-0.15, -0.1) is 0 Å². The maximum atomic E-state index is 13.1. The SMILES string of the molecule is CCOC(=O)c1c(C)[nH]c(C(=O)N2CCC([C@@H](C)C(=O)N3CCCCC3)CC2)c1C. The number of amides is 2. The fourth-order valence-corrected chi connectivity index (χ4v) is 4.84. The summed E-state index contributed by atoms with van der Waals surface area (Å²) in [5, 5.41) is 0. The highest BCUT2D eigenvalue weighted by molar-refractivity contribution is 6.00. The van der Waals surface area contributed by atoms with Crippen LogP contribution >= 0.6 is 0 Å². The largest absolute Gasteiger partial charge is 0.462 e. The topological polar surface area (TPSA) is 82.7 Å². The smallest absolute Gasteiger partial charge is 0.340 e. The first-order chi connectivity index (χ1) is 14.3. The molecule has 7 nitrogen and oxygen atoms in total. The summed E-state index contributed by atoms with van der Waals surface area (Å²) in [5.41, 5.74) is 2.22. The Hall–Kier alpha value is -2.31. The molecule has 2 aliphatic rings. The van der Waals surface area contributed by atoms with Crippen molar-refractivity contribution in [3.8, 4) is 0 Å². The molecule has 1 aromatic rings. The fourth-order valence-electron chi connectivity index (χ4n) is 4.84. The zero-order valence-corrected chi connectivity index (χ0v) is 18.8. The van der Waals surface area contributed by atoms with E-state index in [0.717, 1.165) is 38.8 Å². The van der Waals surface area contributed by atoms with Crippen LogP contribution in [-0.2, 0) is 9.53 Å². The first-order valence-corrected chi connectivity index (χ1v) is 11.3. The first-order valence-electron chi connectivity index (χ1n) is 11.3. The van der Waals surface area contributed by atoms with E-state index in [1.54, 1.807) is 20.8 Å². The highest BCUT2D eigenvalue weighted by atomic mass is 16.5. The van der Waals surface area contributed by atoms with Crippen LogP contribution in [0.5, 0.6) is 0 Å². The molecule has 1 aromatic heterocycles. The summed E-state index contributed by atoms with van der Waals surface area (Å²) in [7, 11) is 0. The molecule has 1 N–H and O–H groups in total. The number of aromatic amines is 1. The number of likely N-dealkylation sites (tertiary alicyclic amines) is 2. The van der Waals surface area contributed by atoms with E-state index in [9.17, 15) is 14.4 Å². The summed E-state index contributed by atoms with van der Waals surface area (Å²) >= 11 is 0. The number of aromatic nitrogens is 1. The molecule has 2 aliphatic heterocycles. The maximum Gasteiger partial charge on any atom is 0.340 e. The summed E-state index contributed by atoms with van der Waals surface area (Å²) in [6.45, 7) is 10.7. The number of esters is 1. The number of nitrogens with one attached hydrogen (secondary N) is 1. The molecule has 1 atom stereocenters. The normalized spacial score (nSPS) is 18.9. The molecule has 2 amide bonds. The first kappa shape index (κ1) is 22.4. The molecule has 3 rings (SSSR count). The number of H-pyrrole nitrogens is 1. The molecule has 0 saturated carbocycles. The Morgan fingerprint density at radius 1 is 1.03 bits per heavy atom. The van der Waals surface area contributed by atoms with Gasteiger partial charge < -0.3 is 19.5 Å². The summed E-state index contributed by atoms with van der Waals surface area (Å²) in [6.07, 6.45) is 5.09. The van der Waals surface area contributed by atoms with Crippen molar-refractivity contribution in [2.75, 3.05) is 32.8 Å². The van der Waals surface area contributed by atoms with Crippen LogP contribution < -0.4 is 0 Å². The van der Waals surface area contributed by atoms with E-state index in [-0.39, 0.29) is 17.7 Å². The third-order valence-electron chi connectivity index (χ3n) is 6.72. The van der Waals surface area contributed by atoms with E-state index >= 15 is 0 Å². The van der Waals surface area contributed by atoms with E-state index in [1.165, 1.54) is 6.42 Å². The predicted molar refractivity (Wildman–Crippen MR) is 114 cm³/mol. The Bertz CT molecular complexity index is 787. The highest BCUT2D eigenvalue weighted by Gasteiger charge is 2.34. The molecule has 0 aromatic carbocycles. The number of carbonyl (C=O) groups excluding carboxylic acids is 3. The lowest BCUT2D eigenvalue weighted by Crippen LogP contribution is -2.45. The van der Waals surface area contributed by atoms with Crippen molar-refractivity contribution in [3.05, 3.63) is 22.5 Å². The average Bonchev–Trinajstić information content (AvgIpc) is 3.07. The van der Waals surface area contributed by atoms with Gasteiger partial charge in [0.1, 0.15) is 5.69 Å². The van der Waals surface area contributed by atoms with Crippen molar-refractivity contribution >= 4 is 17.8 Å². The lowest BCUT2D eigenvalue weighted by atomic mass is 9.84. The summed E-state index contributed by atoms with van der Waals surface area (Å²) < 4.78 is 5.12. The van der Waals surface area contributed by atoms with E-state index in [2.05, 4.69) is 4.98 Å². The number of piperidine rings is 2. The Morgan fingerprint density at radius 3 is 2.27 bits per heavy atom. The van der Waals surface area contributed by atoms with Crippen LogP contribution in [0.2, 0.25) is 0 Å². The van der Waals surface area contributed by atoms with Gasteiger partial charge in [-0.1, -0.05) is 6.92 Å².